The van der Waals surface area contributed by atoms with Crippen LogP contribution in [0.25, 0.3) is 22.0 Å². The molecule has 0 saturated heterocycles. The van der Waals surface area contributed by atoms with Crippen LogP contribution in [0.5, 0.6) is 0 Å². The van der Waals surface area contributed by atoms with E-state index in [1.807, 2.05) is 78.9 Å². The summed E-state index contributed by atoms with van der Waals surface area (Å²) in [6, 6.07) is 25.4. The fourth-order valence-electron chi connectivity index (χ4n) is 3.10. The highest BCUT2D eigenvalue weighted by molar-refractivity contribution is 6.01. The van der Waals surface area contributed by atoms with Crippen LogP contribution in [0.3, 0.4) is 0 Å². The van der Waals surface area contributed by atoms with Gasteiger partial charge in [0.2, 0.25) is 0 Å². The number of rotatable bonds is 4. The first-order valence-electron chi connectivity index (χ1n) is 9.03. The summed E-state index contributed by atoms with van der Waals surface area (Å²) in [7, 11) is 3.49. The largest absolute Gasteiger partial charge is 0.345 e. The second-order valence-electron chi connectivity index (χ2n) is 6.71. The zero-order valence-corrected chi connectivity index (χ0v) is 15.8. The maximum absolute atomic E-state index is 12.1. The van der Waals surface area contributed by atoms with Crippen LogP contribution < -0.4 is 5.32 Å². The van der Waals surface area contributed by atoms with Crippen LogP contribution in [0.15, 0.2) is 78.9 Å². The average molecular weight is 368 g/mol. The number of carbonyl (C=O) groups excluding carboxylic acids is 1. The number of aromatic nitrogens is 2. The van der Waals surface area contributed by atoms with Crippen molar-refractivity contribution in [2.75, 3.05) is 19.4 Å². The molecule has 4 aromatic rings. The number of amides is 1. The maximum Gasteiger partial charge on any atom is 0.253 e. The molecule has 138 valence electrons. The minimum Gasteiger partial charge on any atom is -0.345 e. The molecule has 5 heteroatoms. The topological polar surface area (TPSA) is 58.1 Å². The van der Waals surface area contributed by atoms with Gasteiger partial charge in [-0.25, -0.2) is 0 Å². The lowest BCUT2D eigenvalue weighted by Gasteiger charge is -2.12. The summed E-state index contributed by atoms with van der Waals surface area (Å²) in [6.45, 7) is 0. The third-order valence-corrected chi connectivity index (χ3v) is 4.54. The quantitative estimate of drug-likeness (QED) is 0.565. The molecule has 0 aliphatic carbocycles. The van der Waals surface area contributed by atoms with Gasteiger partial charge in [-0.1, -0.05) is 54.6 Å². The van der Waals surface area contributed by atoms with E-state index in [1.54, 1.807) is 19.0 Å². The summed E-state index contributed by atoms with van der Waals surface area (Å²) in [5.74, 6) is 0.690. The molecule has 0 spiro atoms. The third-order valence-electron chi connectivity index (χ3n) is 4.54. The first kappa shape index (κ1) is 17.7. The van der Waals surface area contributed by atoms with Gasteiger partial charge in [-0.3, -0.25) is 4.79 Å². The standard InChI is InChI=1S/C23H20N4O/c1-27(2)23(28)17-14-12-16(13-15-17)21-19-10-6-7-11-20(19)22(26-25-21)24-18-8-4-3-5-9-18/h3-15H,1-2H3,(H,24,26). The van der Waals surface area contributed by atoms with Crippen molar-refractivity contribution in [1.82, 2.24) is 15.1 Å². The lowest BCUT2D eigenvalue weighted by atomic mass is 10.0. The zero-order chi connectivity index (χ0) is 19.5. The molecule has 1 amide bonds. The highest BCUT2D eigenvalue weighted by atomic mass is 16.2. The molecule has 1 heterocycles. The van der Waals surface area contributed by atoms with Gasteiger partial charge < -0.3 is 10.2 Å². The summed E-state index contributed by atoms with van der Waals surface area (Å²) in [4.78, 5) is 13.7. The van der Waals surface area contributed by atoms with Crippen molar-refractivity contribution < 1.29 is 4.79 Å². The summed E-state index contributed by atoms with van der Waals surface area (Å²) < 4.78 is 0. The van der Waals surface area contributed by atoms with Crippen LogP contribution in [0, 0.1) is 0 Å². The molecule has 0 bridgehead atoms. The van der Waals surface area contributed by atoms with Gasteiger partial charge in [0.1, 0.15) is 5.69 Å². The molecule has 5 nitrogen and oxygen atoms in total. The Balaban J connectivity index is 1.75. The summed E-state index contributed by atoms with van der Waals surface area (Å²) in [6.07, 6.45) is 0. The predicted octanol–water partition coefficient (Wildman–Crippen LogP) is 4.74. The van der Waals surface area contributed by atoms with E-state index in [-0.39, 0.29) is 5.91 Å². The van der Waals surface area contributed by atoms with Gasteiger partial charge >= 0.3 is 0 Å². The Morgan fingerprint density at radius 1 is 0.786 bits per heavy atom. The van der Waals surface area contributed by atoms with Gasteiger partial charge in [-0.15, -0.1) is 10.2 Å². The molecule has 0 radical (unpaired) electrons. The molecule has 1 N–H and O–H groups in total. The lowest BCUT2D eigenvalue weighted by Crippen LogP contribution is -2.21. The van der Waals surface area contributed by atoms with Crippen molar-refractivity contribution >= 4 is 28.2 Å². The van der Waals surface area contributed by atoms with Crippen LogP contribution >= 0.6 is 0 Å². The van der Waals surface area contributed by atoms with Gasteiger partial charge in [0.15, 0.2) is 5.82 Å². The lowest BCUT2D eigenvalue weighted by molar-refractivity contribution is 0.0827. The van der Waals surface area contributed by atoms with Crippen LogP contribution in [-0.2, 0) is 0 Å². The molecular weight excluding hydrogens is 348 g/mol. The molecule has 0 fully saturated rings. The highest BCUT2D eigenvalue weighted by Gasteiger charge is 2.13. The van der Waals surface area contributed by atoms with Crippen LogP contribution in [0.2, 0.25) is 0 Å². The van der Waals surface area contributed by atoms with Gasteiger partial charge in [0, 0.05) is 41.7 Å². The van der Waals surface area contributed by atoms with E-state index in [0.717, 1.165) is 27.7 Å². The molecular formula is C23H20N4O. The monoisotopic (exact) mass is 368 g/mol. The van der Waals surface area contributed by atoms with Crippen molar-refractivity contribution in [3.05, 3.63) is 84.4 Å². The Labute approximate surface area is 163 Å². The van der Waals surface area contributed by atoms with Crippen molar-refractivity contribution in [2.45, 2.75) is 0 Å². The van der Waals surface area contributed by atoms with Gasteiger partial charge in [0.05, 0.1) is 0 Å². The van der Waals surface area contributed by atoms with Crippen molar-refractivity contribution in [2.24, 2.45) is 0 Å². The Morgan fingerprint density at radius 3 is 2.11 bits per heavy atom. The Bertz CT molecular complexity index is 1120. The SMILES string of the molecule is CN(C)C(=O)c1ccc(-c2nnc(Nc3ccccc3)c3ccccc23)cc1. The molecule has 28 heavy (non-hydrogen) atoms. The second kappa shape index (κ2) is 7.48. The number of hydrogen-bond acceptors (Lipinski definition) is 4. The van der Waals surface area contributed by atoms with Crippen LogP contribution in [0.4, 0.5) is 11.5 Å². The minimum atomic E-state index is -0.0232. The van der Waals surface area contributed by atoms with E-state index in [2.05, 4.69) is 15.5 Å². The van der Waals surface area contributed by atoms with E-state index in [1.165, 1.54) is 0 Å². The second-order valence-corrected chi connectivity index (χ2v) is 6.71. The van der Waals surface area contributed by atoms with Gasteiger partial charge in [0.25, 0.3) is 5.91 Å². The van der Waals surface area contributed by atoms with E-state index in [0.29, 0.717) is 11.4 Å². The van der Waals surface area contributed by atoms with Gasteiger partial charge in [-0.05, 0) is 24.3 Å². The van der Waals surface area contributed by atoms with E-state index < -0.39 is 0 Å². The number of benzene rings is 3. The number of anilines is 2. The van der Waals surface area contributed by atoms with Crippen LogP contribution in [-0.4, -0.2) is 35.1 Å². The van der Waals surface area contributed by atoms with E-state index in [9.17, 15) is 4.79 Å². The third kappa shape index (κ3) is 3.42. The first-order valence-corrected chi connectivity index (χ1v) is 9.03. The molecule has 3 aromatic carbocycles. The molecule has 4 rings (SSSR count). The summed E-state index contributed by atoms with van der Waals surface area (Å²) in [5, 5.41) is 14.2. The number of carbonyl (C=O) groups is 1. The smallest absolute Gasteiger partial charge is 0.253 e. The van der Waals surface area contributed by atoms with Gasteiger partial charge in [-0.2, -0.15) is 0 Å². The van der Waals surface area contributed by atoms with Crippen molar-refractivity contribution in [3.63, 3.8) is 0 Å². The Hall–Kier alpha value is -3.73. The zero-order valence-electron chi connectivity index (χ0n) is 15.8. The summed E-state index contributed by atoms with van der Waals surface area (Å²) in [5.41, 5.74) is 3.32. The molecule has 1 aromatic heterocycles. The van der Waals surface area contributed by atoms with E-state index >= 15 is 0 Å². The number of nitrogens with one attached hydrogen (secondary N) is 1. The average Bonchev–Trinajstić information content (AvgIpc) is 2.74. The van der Waals surface area contributed by atoms with Crippen molar-refractivity contribution in [3.8, 4) is 11.3 Å². The molecule has 0 atom stereocenters. The highest BCUT2D eigenvalue weighted by Crippen LogP contribution is 2.31. The normalized spacial score (nSPS) is 10.6. The number of para-hydroxylation sites is 1. The van der Waals surface area contributed by atoms with Crippen molar-refractivity contribution in [1.29, 1.82) is 0 Å². The molecule has 0 aliphatic heterocycles. The summed E-state index contributed by atoms with van der Waals surface area (Å²) >= 11 is 0. The predicted molar refractivity (Wildman–Crippen MR) is 113 cm³/mol. The number of fused-ring (bicyclic) bond motifs is 1. The first-order chi connectivity index (χ1) is 13.6. The Kier molecular flexibility index (Phi) is 4.72. The minimum absolute atomic E-state index is 0.0232. The molecule has 0 saturated carbocycles. The van der Waals surface area contributed by atoms with E-state index in [4.69, 9.17) is 0 Å². The van der Waals surface area contributed by atoms with Crippen LogP contribution in [0.1, 0.15) is 10.4 Å². The Morgan fingerprint density at radius 2 is 1.43 bits per heavy atom. The maximum atomic E-state index is 12.1. The fourth-order valence-corrected chi connectivity index (χ4v) is 3.10. The number of hydrogen-bond donors (Lipinski definition) is 1. The fraction of sp³-hybridized carbons (Fsp3) is 0.0870. The number of nitrogens with zero attached hydrogens (tertiary/aromatic N) is 3. The molecule has 0 unspecified atom stereocenters. The molecule has 0 aliphatic rings.